The minimum absolute atomic E-state index is 0.0167. The van der Waals surface area contributed by atoms with E-state index in [0.29, 0.717) is 29.0 Å². The van der Waals surface area contributed by atoms with Gasteiger partial charge in [0.15, 0.2) is 0 Å². The molecule has 3 aromatic rings. The Morgan fingerprint density at radius 2 is 1.68 bits per heavy atom. The number of imide groups is 1. The van der Waals surface area contributed by atoms with Gasteiger partial charge >= 0.3 is 18.0 Å². The largest absolute Gasteiger partial charge is 0.437 e. The Balaban J connectivity index is 1.54. The molecule has 216 valence electrons. The van der Waals surface area contributed by atoms with Crippen molar-refractivity contribution in [2.75, 3.05) is 0 Å². The van der Waals surface area contributed by atoms with Crippen LogP contribution in [0.3, 0.4) is 0 Å². The summed E-state index contributed by atoms with van der Waals surface area (Å²) in [4.78, 5) is 26.4. The molecule has 2 amide bonds. The van der Waals surface area contributed by atoms with Crippen LogP contribution in [-0.2, 0) is 10.5 Å². The van der Waals surface area contributed by atoms with Crippen LogP contribution in [0.5, 0.6) is 0 Å². The van der Waals surface area contributed by atoms with E-state index in [4.69, 9.17) is 11.6 Å². The van der Waals surface area contributed by atoms with Gasteiger partial charge in [-0.1, -0.05) is 17.7 Å². The topological polar surface area (TPSA) is 83.9 Å². The maximum Gasteiger partial charge on any atom is 0.437 e. The Hall–Kier alpha value is -3.86. The van der Waals surface area contributed by atoms with Crippen molar-refractivity contribution in [1.82, 2.24) is 19.2 Å². The quantitative estimate of drug-likeness (QED) is 0.296. The van der Waals surface area contributed by atoms with Gasteiger partial charge in [0.25, 0.3) is 5.91 Å². The third kappa shape index (κ3) is 4.56. The molecule has 2 heterocycles. The highest BCUT2D eigenvalue weighted by atomic mass is 35.5. The Bertz CT molecular complexity index is 1580. The minimum Gasteiger partial charge on any atom is -0.323 e. The van der Waals surface area contributed by atoms with E-state index in [0.717, 1.165) is 22.6 Å². The number of nitrogens with zero attached hydrogens (tertiary/aromatic N) is 5. The summed E-state index contributed by atoms with van der Waals surface area (Å²) in [6.07, 6.45) is -8.90. The molecule has 2 aliphatic carbocycles. The standard InChI is InChI=1S/C26H19ClF7N5O2/c1-14(40)39(23(13-35)8-9-23)22(41)18-10-15(2-5-19(18)27)16-11-36-37(12-16)21-7-6-20(38(21)17-3-4-17)24(28,25(29,30)31)26(32,33)34/h2,5-7,10-12,17H,3-4,8-9H2,1H3. The summed E-state index contributed by atoms with van der Waals surface area (Å²) in [6, 6.07) is 6.74. The minimum atomic E-state index is -6.27. The summed E-state index contributed by atoms with van der Waals surface area (Å²) in [5, 5.41) is 13.5. The molecule has 0 aliphatic heterocycles. The van der Waals surface area contributed by atoms with Crippen LogP contribution in [0.25, 0.3) is 16.9 Å². The Morgan fingerprint density at radius 3 is 2.20 bits per heavy atom. The number of carbonyl (C=O) groups is 2. The average molecular weight is 602 g/mol. The highest BCUT2D eigenvalue weighted by molar-refractivity contribution is 6.34. The first-order chi connectivity index (χ1) is 19.1. The third-order valence-corrected chi connectivity index (χ3v) is 7.50. The highest BCUT2D eigenvalue weighted by Gasteiger charge is 2.75. The second kappa shape index (κ2) is 9.34. The molecule has 0 atom stereocenters. The molecular weight excluding hydrogens is 583 g/mol. The van der Waals surface area contributed by atoms with Crippen LogP contribution in [0.15, 0.2) is 42.7 Å². The molecule has 0 bridgehead atoms. The molecule has 5 rings (SSSR count). The van der Waals surface area contributed by atoms with Crippen molar-refractivity contribution in [1.29, 1.82) is 5.26 Å². The van der Waals surface area contributed by atoms with Gasteiger partial charge in [0.05, 0.1) is 28.5 Å². The van der Waals surface area contributed by atoms with E-state index in [2.05, 4.69) is 5.10 Å². The van der Waals surface area contributed by atoms with Crippen molar-refractivity contribution in [2.24, 2.45) is 0 Å². The van der Waals surface area contributed by atoms with Gasteiger partial charge in [-0.2, -0.15) is 36.7 Å². The van der Waals surface area contributed by atoms with Crippen molar-refractivity contribution >= 4 is 23.4 Å². The number of alkyl halides is 7. The Morgan fingerprint density at radius 1 is 1.05 bits per heavy atom. The number of amides is 2. The zero-order valence-electron chi connectivity index (χ0n) is 21.0. The molecule has 0 N–H and O–H groups in total. The maximum absolute atomic E-state index is 15.0. The number of benzene rings is 1. The monoisotopic (exact) mass is 601 g/mol. The van der Waals surface area contributed by atoms with Gasteiger partial charge in [-0.15, -0.1) is 0 Å². The van der Waals surface area contributed by atoms with Crippen LogP contribution in [0.1, 0.15) is 54.7 Å². The molecule has 2 aliphatic rings. The summed E-state index contributed by atoms with van der Waals surface area (Å²) in [7, 11) is 0. The smallest absolute Gasteiger partial charge is 0.323 e. The van der Waals surface area contributed by atoms with Crippen LogP contribution < -0.4 is 0 Å². The number of nitriles is 1. The van der Waals surface area contributed by atoms with E-state index >= 15 is 0 Å². The Labute approximate surface area is 232 Å². The summed E-state index contributed by atoms with van der Waals surface area (Å²) < 4.78 is 97.8. The SMILES string of the molecule is CC(=O)N(C(=O)c1cc(-c2cnn(-c3ccc(C(F)(C(F)(F)F)C(F)(F)F)n3C3CC3)c2)ccc1Cl)C1(C#N)CC1. The number of rotatable bonds is 6. The molecule has 1 aromatic carbocycles. The lowest BCUT2D eigenvalue weighted by molar-refractivity contribution is -0.350. The molecule has 2 aromatic heterocycles. The van der Waals surface area contributed by atoms with Gasteiger partial charge in [0.2, 0.25) is 5.91 Å². The molecule has 0 spiro atoms. The first-order valence-corrected chi connectivity index (χ1v) is 12.6. The number of aromatic nitrogens is 3. The number of halogens is 8. The second-order valence-corrected chi connectivity index (χ2v) is 10.4. The summed E-state index contributed by atoms with van der Waals surface area (Å²) in [6.45, 7) is 1.14. The zero-order chi connectivity index (χ0) is 30.1. The summed E-state index contributed by atoms with van der Waals surface area (Å²) in [5.74, 6) is -1.68. The molecule has 2 fully saturated rings. The fraction of sp³-hybridized carbons (Fsp3) is 0.385. The first kappa shape index (κ1) is 28.7. The summed E-state index contributed by atoms with van der Waals surface area (Å²) >= 11 is 6.24. The van der Waals surface area contributed by atoms with Gasteiger partial charge in [-0.3, -0.25) is 14.5 Å². The van der Waals surface area contributed by atoms with E-state index in [9.17, 15) is 45.6 Å². The molecule has 0 radical (unpaired) electrons. The maximum atomic E-state index is 15.0. The number of hydrogen-bond donors (Lipinski definition) is 0. The molecule has 7 nitrogen and oxygen atoms in total. The number of carbonyl (C=O) groups excluding carboxylic acids is 2. The number of hydrogen-bond acceptors (Lipinski definition) is 4. The molecule has 15 heteroatoms. The van der Waals surface area contributed by atoms with Gasteiger partial charge in [0, 0.05) is 24.7 Å². The van der Waals surface area contributed by atoms with E-state index in [-0.39, 0.29) is 34.8 Å². The molecule has 2 saturated carbocycles. The van der Waals surface area contributed by atoms with Crippen molar-refractivity contribution < 1.29 is 40.3 Å². The molecule has 41 heavy (non-hydrogen) atoms. The van der Waals surface area contributed by atoms with Crippen molar-refractivity contribution in [3.63, 3.8) is 0 Å². The van der Waals surface area contributed by atoms with Gasteiger partial charge in [0.1, 0.15) is 11.4 Å². The van der Waals surface area contributed by atoms with Crippen molar-refractivity contribution in [3.8, 4) is 23.0 Å². The fourth-order valence-corrected chi connectivity index (χ4v) is 5.00. The first-order valence-electron chi connectivity index (χ1n) is 12.2. The van der Waals surface area contributed by atoms with Crippen molar-refractivity contribution in [2.45, 2.75) is 62.2 Å². The average Bonchev–Trinajstić information content (AvgIpc) is 3.78. The lowest BCUT2D eigenvalue weighted by Crippen LogP contribution is -2.51. The second-order valence-electron chi connectivity index (χ2n) is 10.0. The highest BCUT2D eigenvalue weighted by Crippen LogP contribution is 2.55. The Kier molecular flexibility index (Phi) is 6.53. The lowest BCUT2D eigenvalue weighted by atomic mass is 10.0. The van der Waals surface area contributed by atoms with Crippen LogP contribution in [-0.4, -0.2) is 49.0 Å². The van der Waals surface area contributed by atoms with E-state index in [1.807, 2.05) is 6.07 Å². The van der Waals surface area contributed by atoms with Crippen LogP contribution in [0.2, 0.25) is 5.02 Å². The zero-order valence-corrected chi connectivity index (χ0v) is 21.8. The predicted octanol–water partition coefficient (Wildman–Crippen LogP) is 6.66. The van der Waals surface area contributed by atoms with Crippen LogP contribution >= 0.6 is 11.6 Å². The van der Waals surface area contributed by atoms with Gasteiger partial charge in [-0.05, 0) is 55.5 Å². The van der Waals surface area contributed by atoms with E-state index in [1.165, 1.54) is 30.6 Å². The van der Waals surface area contributed by atoms with E-state index in [1.54, 1.807) is 0 Å². The van der Waals surface area contributed by atoms with Gasteiger partial charge < -0.3 is 4.57 Å². The van der Waals surface area contributed by atoms with E-state index < -0.39 is 47.1 Å². The molecule has 0 unspecified atom stereocenters. The van der Waals surface area contributed by atoms with Crippen LogP contribution in [0.4, 0.5) is 30.7 Å². The molecule has 0 saturated heterocycles. The summed E-state index contributed by atoms with van der Waals surface area (Å²) in [5.41, 5.74) is -7.96. The molecular formula is C26H19ClF7N5O2. The third-order valence-electron chi connectivity index (χ3n) is 7.17. The van der Waals surface area contributed by atoms with Gasteiger partial charge in [-0.25, -0.2) is 9.07 Å². The predicted molar refractivity (Wildman–Crippen MR) is 130 cm³/mol. The van der Waals surface area contributed by atoms with Crippen LogP contribution in [0, 0.1) is 11.3 Å². The fourth-order valence-electron chi connectivity index (χ4n) is 4.80. The normalized spacial score (nSPS) is 16.8. The lowest BCUT2D eigenvalue weighted by Gasteiger charge is -2.31. The van der Waals surface area contributed by atoms with Crippen molar-refractivity contribution in [3.05, 3.63) is 59.0 Å².